The topological polar surface area (TPSA) is 56.1 Å². The largest absolute Gasteiger partial charge is 0.334 e. The molecule has 26 heavy (non-hydrogen) atoms. The summed E-state index contributed by atoms with van der Waals surface area (Å²) in [6, 6.07) is 16.4. The van der Waals surface area contributed by atoms with Crippen molar-refractivity contribution in [3.05, 3.63) is 71.0 Å². The van der Waals surface area contributed by atoms with Gasteiger partial charge in [-0.2, -0.15) is 5.26 Å². The Hall–Kier alpha value is -2.87. The minimum atomic E-state index is -0.555. The maximum atomic E-state index is 13.6. The molecule has 2 amide bonds. The van der Waals surface area contributed by atoms with E-state index in [0.29, 0.717) is 11.5 Å². The third-order valence-corrected chi connectivity index (χ3v) is 4.77. The first-order chi connectivity index (χ1) is 12.7. The van der Waals surface area contributed by atoms with Crippen LogP contribution in [0.15, 0.2) is 48.5 Å². The highest BCUT2D eigenvalue weighted by molar-refractivity contribution is 5.74. The highest BCUT2D eigenvalue weighted by Crippen LogP contribution is 2.21. The molecule has 1 aliphatic heterocycles. The van der Waals surface area contributed by atoms with E-state index in [0.717, 1.165) is 32.4 Å². The number of nitrogens with one attached hydrogen (secondary N) is 1. The predicted molar refractivity (Wildman–Crippen MR) is 97.8 cm³/mol. The second kappa shape index (κ2) is 8.48. The quantitative estimate of drug-likeness (QED) is 0.909. The first kappa shape index (κ1) is 17.9. The van der Waals surface area contributed by atoms with Crippen LogP contribution in [0.2, 0.25) is 0 Å². The normalized spacial score (nSPS) is 16.8. The molecule has 0 radical (unpaired) electrons. The Balaban J connectivity index is 1.52. The molecule has 1 unspecified atom stereocenters. The molecule has 1 heterocycles. The van der Waals surface area contributed by atoms with Gasteiger partial charge in [-0.15, -0.1) is 0 Å². The molecular weight excluding hydrogens is 329 g/mol. The molecule has 1 atom stereocenters. The molecule has 0 aliphatic carbocycles. The zero-order valence-corrected chi connectivity index (χ0v) is 14.6. The van der Waals surface area contributed by atoms with Crippen molar-refractivity contribution in [2.45, 2.75) is 25.8 Å². The minimum Gasteiger partial charge on any atom is -0.334 e. The SMILES string of the molecule is N#Cc1ccc(CNC(=O)N2CCCC(Cc3ccccc3)C2)cc1F. The van der Waals surface area contributed by atoms with Gasteiger partial charge in [0.25, 0.3) is 0 Å². The van der Waals surface area contributed by atoms with Crippen molar-refractivity contribution in [2.24, 2.45) is 5.92 Å². The van der Waals surface area contributed by atoms with Crippen molar-refractivity contribution in [1.82, 2.24) is 10.2 Å². The van der Waals surface area contributed by atoms with Gasteiger partial charge in [0.2, 0.25) is 0 Å². The van der Waals surface area contributed by atoms with E-state index in [1.807, 2.05) is 23.1 Å². The van der Waals surface area contributed by atoms with Crippen molar-refractivity contribution in [3.8, 4) is 6.07 Å². The Labute approximate surface area is 153 Å². The van der Waals surface area contributed by atoms with E-state index >= 15 is 0 Å². The van der Waals surface area contributed by atoms with E-state index < -0.39 is 5.82 Å². The van der Waals surface area contributed by atoms with Crippen LogP contribution in [-0.4, -0.2) is 24.0 Å². The van der Waals surface area contributed by atoms with Crippen LogP contribution in [0, 0.1) is 23.1 Å². The molecule has 4 nitrogen and oxygen atoms in total. The number of hydrogen-bond donors (Lipinski definition) is 1. The van der Waals surface area contributed by atoms with Gasteiger partial charge >= 0.3 is 6.03 Å². The summed E-state index contributed by atoms with van der Waals surface area (Å²) in [4.78, 5) is 14.3. The van der Waals surface area contributed by atoms with E-state index in [-0.39, 0.29) is 18.1 Å². The van der Waals surface area contributed by atoms with Gasteiger partial charge in [0.15, 0.2) is 0 Å². The average Bonchev–Trinajstić information content (AvgIpc) is 2.67. The molecular formula is C21H22FN3O. The van der Waals surface area contributed by atoms with Crippen LogP contribution in [0.3, 0.4) is 0 Å². The number of urea groups is 1. The molecule has 1 fully saturated rings. The van der Waals surface area contributed by atoms with E-state index in [1.54, 1.807) is 12.1 Å². The first-order valence-electron chi connectivity index (χ1n) is 8.91. The lowest BCUT2D eigenvalue weighted by molar-refractivity contribution is 0.165. The molecule has 0 saturated carbocycles. The van der Waals surface area contributed by atoms with Crippen LogP contribution in [0.25, 0.3) is 0 Å². The maximum absolute atomic E-state index is 13.6. The summed E-state index contributed by atoms with van der Waals surface area (Å²) in [5.41, 5.74) is 1.96. The van der Waals surface area contributed by atoms with Crippen LogP contribution >= 0.6 is 0 Å². The van der Waals surface area contributed by atoms with Crippen LogP contribution in [0.4, 0.5) is 9.18 Å². The number of nitriles is 1. The first-order valence-corrected chi connectivity index (χ1v) is 8.91. The average molecular weight is 351 g/mol. The molecule has 2 aromatic rings. The second-order valence-electron chi connectivity index (χ2n) is 6.73. The van der Waals surface area contributed by atoms with Crippen LogP contribution in [-0.2, 0) is 13.0 Å². The van der Waals surface area contributed by atoms with Gasteiger partial charge < -0.3 is 10.2 Å². The standard InChI is InChI=1S/C21H22FN3O/c22-20-12-17(8-9-19(20)13-23)14-24-21(26)25-10-4-7-18(15-25)11-16-5-2-1-3-6-16/h1-3,5-6,8-9,12,18H,4,7,10-11,14-15H2,(H,24,26). The summed E-state index contributed by atoms with van der Waals surface area (Å²) in [6.45, 7) is 1.74. The van der Waals surface area contributed by atoms with Crippen molar-refractivity contribution in [2.75, 3.05) is 13.1 Å². The fourth-order valence-electron chi connectivity index (χ4n) is 3.41. The highest BCUT2D eigenvalue weighted by atomic mass is 19.1. The Morgan fingerprint density at radius 2 is 2.04 bits per heavy atom. The van der Waals surface area contributed by atoms with Crippen LogP contribution in [0.1, 0.15) is 29.5 Å². The van der Waals surface area contributed by atoms with Crippen molar-refractivity contribution >= 4 is 6.03 Å². The molecule has 1 saturated heterocycles. The number of carbonyl (C=O) groups is 1. The lowest BCUT2D eigenvalue weighted by atomic mass is 9.91. The van der Waals surface area contributed by atoms with Gasteiger partial charge in [0.1, 0.15) is 11.9 Å². The Morgan fingerprint density at radius 3 is 2.77 bits per heavy atom. The maximum Gasteiger partial charge on any atom is 0.317 e. The van der Waals surface area contributed by atoms with E-state index in [4.69, 9.17) is 5.26 Å². The van der Waals surface area contributed by atoms with Gasteiger partial charge in [-0.1, -0.05) is 36.4 Å². The fraction of sp³-hybridized carbons (Fsp3) is 0.333. The zero-order chi connectivity index (χ0) is 18.4. The fourth-order valence-corrected chi connectivity index (χ4v) is 3.41. The number of rotatable bonds is 4. The molecule has 5 heteroatoms. The number of halogens is 1. The lowest BCUT2D eigenvalue weighted by Gasteiger charge is -2.33. The monoisotopic (exact) mass is 351 g/mol. The summed E-state index contributed by atoms with van der Waals surface area (Å²) >= 11 is 0. The highest BCUT2D eigenvalue weighted by Gasteiger charge is 2.23. The molecule has 0 spiro atoms. The number of benzene rings is 2. The number of hydrogen-bond acceptors (Lipinski definition) is 2. The lowest BCUT2D eigenvalue weighted by Crippen LogP contribution is -2.45. The zero-order valence-electron chi connectivity index (χ0n) is 14.6. The number of nitrogens with zero attached hydrogens (tertiary/aromatic N) is 2. The third-order valence-electron chi connectivity index (χ3n) is 4.77. The molecule has 1 aliphatic rings. The van der Waals surface area contributed by atoms with E-state index in [1.165, 1.54) is 17.7 Å². The van der Waals surface area contributed by atoms with Gasteiger partial charge in [-0.25, -0.2) is 9.18 Å². The summed E-state index contributed by atoms with van der Waals surface area (Å²) in [6.07, 6.45) is 3.10. The molecule has 134 valence electrons. The van der Waals surface area contributed by atoms with Crippen LogP contribution < -0.4 is 5.32 Å². The van der Waals surface area contributed by atoms with Gasteiger partial charge in [0.05, 0.1) is 5.56 Å². The summed E-state index contributed by atoms with van der Waals surface area (Å²) < 4.78 is 13.6. The molecule has 1 N–H and O–H groups in total. The van der Waals surface area contributed by atoms with Crippen molar-refractivity contribution < 1.29 is 9.18 Å². The summed E-state index contributed by atoms with van der Waals surface area (Å²) in [5.74, 6) is -0.0931. The third kappa shape index (κ3) is 4.60. The predicted octanol–water partition coefficient (Wildman–Crippen LogP) is 3.86. The Bertz CT molecular complexity index is 801. The molecule has 3 rings (SSSR count). The Morgan fingerprint density at radius 1 is 1.23 bits per heavy atom. The van der Waals surface area contributed by atoms with E-state index in [9.17, 15) is 9.18 Å². The minimum absolute atomic E-state index is 0.0138. The molecule has 0 aromatic heterocycles. The number of amides is 2. The van der Waals surface area contributed by atoms with Crippen molar-refractivity contribution in [3.63, 3.8) is 0 Å². The van der Waals surface area contributed by atoms with E-state index in [2.05, 4.69) is 17.4 Å². The number of carbonyl (C=O) groups excluding carboxylic acids is 1. The second-order valence-corrected chi connectivity index (χ2v) is 6.73. The van der Waals surface area contributed by atoms with Gasteiger partial charge in [0, 0.05) is 19.6 Å². The smallest absolute Gasteiger partial charge is 0.317 e. The Kier molecular flexibility index (Phi) is 5.85. The summed E-state index contributed by atoms with van der Waals surface area (Å²) in [7, 11) is 0. The molecule has 2 aromatic carbocycles. The summed E-state index contributed by atoms with van der Waals surface area (Å²) in [5, 5.41) is 11.6. The molecule has 0 bridgehead atoms. The van der Waals surface area contributed by atoms with Crippen LogP contribution in [0.5, 0.6) is 0 Å². The van der Waals surface area contributed by atoms with Gasteiger partial charge in [-0.3, -0.25) is 0 Å². The van der Waals surface area contributed by atoms with Crippen molar-refractivity contribution in [1.29, 1.82) is 5.26 Å². The van der Waals surface area contributed by atoms with Gasteiger partial charge in [-0.05, 0) is 48.4 Å². The number of piperidine rings is 1. The number of likely N-dealkylation sites (tertiary alicyclic amines) is 1.